The first-order valence-corrected chi connectivity index (χ1v) is 9.72. The van der Waals surface area contributed by atoms with Crippen LogP contribution in [0.3, 0.4) is 0 Å². The second-order valence-electron chi connectivity index (χ2n) is 6.89. The van der Waals surface area contributed by atoms with Crippen LogP contribution in [0.2, 0.25) is 0 Å². The fourth-order valence-electron chi connectivity index (χ4n) is 3.22. The number of esters is 1. The van der Waals surface area contributed by atoms with Gasteiger partial charge in [0.15, 0.2) is 0 Å². The summed E-state index contributed by atoms with van der Waals surface area (Å²) >= 11 is 0. The van der Waals surface area contributed by atoms with Crippen molar-refractivity contribution < 1.29 is 19.0 Å². The normalized spacial score (nSPS) is 10.6. The SMILES string of the molecule is COC(=O)c1ccc(OCc2ccc3ccccc3c2)cc1OCc1ccccc1. The molecule has 0 aliphatic rings. The Hall–Kier alpha value is -3.79. The molecule has 0 N–H and O–H groups in total. The number of ether oxygens (including phenoxy) is 3. The van der Waals surface area contributed by atoms with E-state index in [1.807, 2.05) is 42.5 Å². The Morgan fingerprint density at radius 3 is 2.23 bits per heavy atom. The lowest BCUT2D eigenvalue weighted by Crippen LogP contribution is -2.06. The van der Waals surface area contributed by atoms with Gasteiger partial charge in [0.1, 0.15) is 30.3 Å². The molecular formula is C26H22O4. The molecule has 0 amide bonds. The second-order valence-corrected chi connectivity index (χ2v) is 6.89. The van der Waals surface area contributed by atoms with Crippen LogP contribution in [-0.4, -0.2) is 13.1 Å². The van der Waals surface area contributed by atoms with E-state index in [1.165, 1.54) is 17.9 Å². The number of rotatable bonds is 7. The van der Waals surface area contributed by atoms with Crippen molar-refractivity contribution in [1.29, 1.82) is 0 Å². The first-order valence-electron chi connectivity index (χ1n) is 9.72. The lowest BCUT2D eigenvalue weighted by atomic mass is 10.1. The van der Waals surface area contributed by atoms with Crippen LogP contribution >= 0.6 is 0 Å². The molecule has 150 valence electrons. The first kappa shape index (κ1) is 19.5. The van der Waals surface area contributed by atoms with E-state index >= 15 is 0 Å². The minimum absolute atomic E-state index is 0.346. The molecule has 0 heterocycles. The van der Waals surface area contributed by atoms with Crippen LogP contribution in [0.15, 0.2) is 91.0 Å². The van der Waals surface area contributed by atoms with E-state index in [4.69, 9.17) is 14.2 Å². The van der Waals surface area contributed by atoms with Crippen molar-refractivity contribution in [3.63, 3.8) is 0 Å². The van der Waals surface area contributed by atoms with Gasteiger partial charge in [-0.3, -0.25) is 0 Å². The molecule has 0 aromatic heterocycles. The molecule has 0 atom stereocenters. The zero-order valence-corrected chi connectivity index (χ0v) is 16.7. The van der Waals surface area contributed by atoms with Crippen LogP contribution in [0.4, 0.5) is 0 Å². The average Bonchev–Trinajstić information content (AvgIpc) is 2.81. The highest BCUT2D eigenvalue weighted by Gasteiger charge is 2.15. The molecular weight excluding hydrogens is 376 g/mol. The largest absolute Gasteiger partial charge is 0.489 e. The van der Waals surface area contributed by atoms with Gasteiger partial charge in [-0.05, 0) is 40.1 Å². The number of carbonyl (C=O) groups excluding carboxylic acids is 1. The van der Waals surface area contributed by atoms with Gasteiger partial charge in [0.05, 0.1) is 7.11 Å². The summed E-state index contributed by atoms with van der Waals surface area (Å²) in [7, 11) is 1.35. The van der Waals surface area contributed by atoms with Crippen molar-refractivity contribution in [2.45, 2.75) is 13.2 Å². The molecule has 0 aliphatic carbocycles. The molecule has 0 radical (unpaired) electrons. The van der Waals surface area contributed by atoms with Crippen molar-refractivity contribution in [2.24, 2.45) is 0 Å². The van der Waals surface area contributed by atoms with E-state index < -0.39 is 5.97 Å². The fourth-order valence-corrected chi connectivity index (χ4v) is 3.22. The molecule has 0 saturated carbocycles. The van der Waals surface area contributed by atoms with Gasteiger partial charge in [0, 0.05) is 6.07 Å². The predicted octanol–water partition coefficient (Wildman–Crippen LogP) is 5.78. The molecule has 30 heavy (non-hydrogen) atoms. The Morgan fingerprint density at radius 1 is 0.700 bits per heavy atom. The van der Waals surface area contributed by atoms with Crippen LogP contribution in [0.1, 0.15) is 21.5 Å². The van der Waals surface area contributed by atoms with Crippen molar-refractivity contribution in [3.8, 4) is 11.5 Å². The monoisotopic (exact) mass is 398 g/mol. The van der Waals surface area contributed by atoms with Gasteiger partial charge in [-0.15, -0.1) is 0 Å². The van der Waals surface area contributed by atoms with Gasteiger partial charge in [0.25, 0.3) is 0 Å². The smallest absolute Gasteiger partial charge is 0.341 e. The van der Waals surface area contributed by atoms with Crippen molar-refractivity contribution in [3.05, 3.63) is 108 Å². The number of carbonyl (C=O) groups is 1. The highest BCUT2D eigenvalue weighted by atomic mass is 16.5. The van der Waals surface area contributed by atoms with Gasteiger partial charge in [-0.1, -0.05) is 66.7 Å². The number of hydrogen-bond acceptors (Lipinski definition) is 4. The van der Waals surface area contributed by atoms with Crippen LogP contribution in [0, 0.1) is 0 Å². The minimum atomic E-state index is -0.445. The molecule has 4 aromatic rings. The third-order valence-corrected chi connectivity index (χ3v) is 4.81. The highest BCUT2D eigenvalue weighted by Crippen LogP contribution is 2.27. The fraction of sp³-hybridized carbons (Fsp3) is 0.115. The maximum absolute atomic E-state index is 12.1. The summed E-state index contributed by atoms with van der Waals surface area (Å²) in [5, 5.41) is 2.37. The quantitative estimate of drug-likeness (QED) is 0.370. The summed E-state index contributed by atoms with van der Waals surface area (Å²) in [6, 6.07) is 29.4. The van der Waals surface area contributed by atoms with Crippen LogP contribution < -0.4 is 9.47 Å². The van der Waals surface area contributed by atoms with Crippen molar-refractivity contribution in [2.75, 3.05) is 7.11 Å². The van der Waals surface area contributed by atoms with Gasteiger partial charge >= 0.3 is 5.97 Å². The zero-order chi connectivity index (χ0) is 20.8. The van der Waals surface area contributed by atoms with Crippen molar-refractivity contribution >= 4 is 16.7 Å². The van der Waals surface area contributed by atoms with E-state index in [-0.39, 0.29) is 0 Å². The maximum atomic E-state index is 12.1. The molecule has 4 heteroatoms. The number of benzene rings is 4. The van der Waals surface area contributed by atoms with Crippen LogP contribution in [-0.2, 0) is 18.0 Å². The third kappa shape index (κ3) is 4.61. The molecule has 0 saturated heterocycles. The summed E-state index contributed by atoms with van der Waals surface area (Å²) in [5.74, 6) is 0.611. The minimum Gasteiger partial charge on any atom is -0.489 e. The van der Waals surface area contributed by atoms with Gasteiger partial charge in [0.2, 0.25) is 0 Å². The van der Waals surface area contributed by atoms with E-state index in [0.717, 1.165) is 11.1 Å². The molecule has 0 aliphatic heterocycles. The van der Waals surface area contributed by atoms with E-state index in [2.05, 4.69) is 30.3 Å². The van der Waals surface area contributed by atoms with Gasteiger partial charge in [-0.25, -0.2) is 4.79 Å². The topological polar surface area (TPSA) is 44.8 Å². The van der Waals surface area contributed by atoms with Gasteiger partial charge in [-0.2, -0.15) is 0 Å². The Kier molecular flexibility index (Phi) is 5.95. The third-order valence-electron chi connectivity index (χ3n) is 4.81. The summed E-state index contributed by atoms with van der Waals surface area (Å²) in [6.07, 6.45) is 0. The molecule has 0 bridgehead atoms. The average molecular weight is 398 g/mol. The predicted molar refractivity (Wildman–Crippen MR) is 117 cm³/mol. The Labute approximate surface area is 175 Å². The summed E-state index contributed by atoms with van der Waals surface area (Å²) in [5.41, 5.74) is 2.44. The molecule has 0 fully saturated rings. The Bertz CT molecular complexity index is 1150. The molecule has 0 spiro atoms. The Balaban J connectivity index is 1.51. The number of hydrogen-bond donors (Lipinski definition) is 0. The van der Waals surface area contributed by atoms with Crippen LogP contribution in [0.25, 0.3) is 10.8 Å². The Morgan fingerprint density at radius 2 is 1.43 bits per heavy atom. The summed E-state index contributed by atoms with van der Waals surface area (Å²) in [6.45, 7) is 0.763. The second kappa shape index (κ2) is 9.14. The standard InChI is InChI=1S/C26H22O4/c1-28-26(27)24-14-13-23(16-25(24)30-17-19-7-3-2-4-8-19)29-18-20-11-12-21-9-5-6-10-22(21)15-20/h2-16H,17-18H2,1H3. The first-order chi connectivity index (χ1) is 14.7. The summed E-state index contributed by atoms with van der Waals surface area (Å²) in [4.78, 5) is 12.1. The zero-order valence-electron chi connectivity index (χ0n) is 16.7. The summed E-state index contributed by atoms with van der Waals surface area (Å²) < 4.78 is 16.8. The van der Waals surface area contributed by atoms with E-state index in [1.54, 1.807) is 18.2 Å². The molecule has 0 unspecified atom stereocenters. The molecule has 4 nitrogen and oxygen atoms in total. The lowest BCUT2D eigenvalue weighted by molar-refractivity contribution is 0.0595. The number of methoxy groups -OCH3 is 1. The van der Waals surface area contributed by atoms with E-state index in [9.17, 15) is 4.79 Å². The molecule has 4 aromatic carbocycles. The highest BCUT2D eigenvalue weighted by molar-refractivity contribution is 5.92. The van der Waals surface area contributed by atoms with E-state index in [0.29, 0.717) is 30.3 Å². The molecule has 4 rings (SSSR count). The lowest BCUT2D eigenvalue weighted by Gasteiger charge is -2.13. The van der Waals surface area contributed by atoms with Crippen LogP contribution in [0.5, 0.6) is 11.5 Å². The maximum Gasteiger partial charge on any atom is 0.341 e. The van der Waals surface area contributed by atoms with Crippen molar-refractivity contribution in [1.82, 2.24) is 0 Å². The number of fused-ring (bicyclic) bond motifs is 1. The van der Waals surface area contributed by atoms with Gasteiger partial charge < -0.3 is 14.2 Å².